The van der Waals surface area contributed by atoms with E-state index in [1.807, 2.05) is 0 Å². The number of hydrogen-bond donors (Lipinski definition) is 1. The molecule has 1 heterocycles. The molecule has 0 saturated heterocycles. The third kappa shape index (κ3) is 3.00. The fourth-order valence-corrected chi connectivity index (χ4v) is 4.96. The van der Waals surface area contributed by atoms with Crippen molar-refractivity contribution in [3.05, 3.63) is 49.8 Å². The number of aryl methyl sites for hydroxylation is 1. The van der Waals surface area contributed by atoms with Gasteiger partial charge in [-0.3, -0.25) is 14.8 Å². The number of nitro benzene ring substituents is 1. The Morgan fingerprint density at radius 2 is 2.05 bits per heavy atom. The number of thiophene rings is 1. The second-order valence-electron chi connectivity index (χ2n) is 3.94. The zero-order valence-corrected chi connectivity index (χ0v) is 13.4. The molecule has 0 saturated carbocycles. The van der Waals surface area contributed by atoms with E-state index in [1.165, 1.54) is 12.1 Å². The molecule has 0 spiro atoms. The molecule has 9 heteroatoms. The molecule has 0 unspecified atom stereocenters. The predicted molar refractivity (Wildman–Crippen MR) is 80.7 cm³/mol. The van der Waals surface area contributed by atoms with Gasteiger partial charge in [0.1, 0.15) is 5.69 Å². The summed E-state index contributed by atoms with van der Waals surface area (Å²) in [4.78, 5) is 10.3. The fraction of sp³-hybridized carbons (Fsp3) is 0.0909. The molecule has 2 aromatic rings. The molecular formula is C11H9BrN2O4S2. The second kappa shape index (κ2) is 5.51. The van der Waals surface area contributed by atoms with E-state index in [2.05, 4.69) is 20.7 Å². The van der Waals surface area contributed by atoms with Crippen LogP contribution in [0.1, 0.15) is 5.56 Å². The molecule has 0 aliphatic heterocycles. The van der Waals surface area contributed by atoms with E-state index in [1.54, 1.807) is 24.4 Å². The van der Waals surface area contributed by atoms with Crippen LogP contribution < -0.4 is 4.72 Å². The summed E-state index contributed by atoms with van der Waals surface area (Å²) < 4.78 is 27.2. The molecule has 0 amide bonds. The largest absolute Gasteiger partial charge is 0.293 e. The highest BCUT2D eigenvalue weighted by Gasteiger charge is 2.23. The Morgan fingerprint density at radius 3 is 2.60 bits per heavy atom. The van der Waals surface area contributed by atoms with Crippen molar-refractivity contribution in [2.45, 2.75) is 11.1 Å². The molecule has 1 aromatic carbocycles. The van der Waals surface area contributed by atoms with Crippen LogP contribution in [0.15, 0.2) is 38.3 Å². The highest BCUT2D eigenvalue weighted by atomic mass is 79.9. The smallest absolute Gasteiger partial charge is 0.272 e. The van der Waals surface area contributed by atoms with Gasteiger partial charge < -0.3 is 0 Å². The topological polar surface area (TPSA) is 89.3 Å². The lowest BCUT2D eigenvalue weighted by Crippen LogP contribution is -2.13. The van der Waals surface area contributed by atoms with Gasteiger partial charge in [0.2, 0.25) is 0 Å². The van der Waals surface area contributed by atoms with E-state index in [0.717, 1.165) is 16.9 Å². The number of nitrogens with zero attached hydrogens (tertiary/aromatic N) is 1. The van der Waals surface area contributed by atoms with Gasteiger partial charge in [0, 0.05) is 10.5 Å². The summed E-state index contributed by atoms with van der Waals surface area (Å²) in [5, 5.41) is 12.6. The quantitative estimate of drug-likeness (QED) is 0.652. The molecule has 0 radical (unpaired) electrons. The standard InChI is InChI=1S/C11H9BrN2O4S2/c1-7-2-3-10(14(15)16)9(6-7)13-20(17,18)11-8(12)4-5-19-11/h2-6,13H,1H3. The molecule has 0 aliphatic rings. The van der Waals surface area contributed by atoms with E-state index in [9.17, 15) is 18.5 Å². The zero-order chi connectivity index (χ0) is 14.9. The van der Waals surface area contributed by atoms with Crippen LogP contribution in [0.25, 0.3) is 0 Å². The van der Waals surface area contributed by atoms with Gasteiger partial charge in [-0.1, -0.05) is 6.07 Å². The molecule has 0 fully saturated rings. The first-order valence-electron chi connectivity index (χ1n) is 5.32. The maximum Gasteiger partial charge on any atom is 0.293 e. The molecule has 0 atom stereocenters. The highest BCUT2D eigenvalue weighted by Crippen LogP contribution is 2.32. The Hall–Kier alpha value is -1.45. The molecule has 1 N–H and O–H groups in total. The van der Waals surface area contributed by atoms with Gasteiger partial charge in [-0.05, 0) is 45.9 Å². The van der Waals surface area contributed by atoms with Gasteiger partial charge in [0.05, 0.1) is 4.92 Å². The van der Waals surface area contributed by atoms with Crippen LogP contribution >= 0.6 is 27.3 Å². The van der Waals surface area contributed by atoms with Gasteiger partial charge in [-0.25, -0.2) is 8.42 Å². The molecular weight excluding hydrogens is 368 g/mol. The van der Waals surface area contributed by atoms with E-state index >= 15 is 0 Å². The minimum atomic E-state index is -3.86. The maximum absolute atomic E-state index is 12.2. The number of anilines is 1. The molecule has 106 valence electrons. The molecule has 6 nitrogen and oxygen atoms in total. The third-order valence-corrected chi connectivity index (χ3v) is 6.46. The van der Waals surface area contributed by atoms with Gasteiger partial charge in [0.15, 0.2) is 4.21 Å². The van der Waals surface area contributed by atoms with Crippen molar-refractivity contribution in [3.63, 3.8) is 0 Å². The van der Waals surface area contributed by atoms with Gasteiger partial charge in [0.25, 0.3) is 15.7 Å². The summed E-state index contributed by atoms with van der Waals surface area (Å²) >= 11 is 4.16. The SMILES string of the molecule is Cc1ccc([N+](=O)[O-])c(NS(=O)(=O)c2sccc2Br)c1. The first-order chi connectivity index (χ1) is 9.31. The number of benzene rings is 1. The molecule has 0 aliphatic carbocycles. The number of hydrogen-bond acceptors (Lipinski definition) is 5. The van der Waals surface area contributed by atoms with Crippen molar-refractivity contribution < 1.29 is 13.3 Å². The molecule has 20 heavy (non-hydrogen) atoms. The van der Waals surface area contributed by atoms with Crippen LogP contribution in [0.5, 0.6) is 0 Å². The van der Waals surface area contributed by atoms with Crippen molar-refractivity contribution in [1.29, 1.82) is 0 Å². The fourth-order valence-electron chi connectivity index (χ4n) is 1.55. The molecule has 0 bridgehead atoms. The summed E-state index contributed by atoms with van der Waals surface area (Å²) in [6.07, 6.45) is 0. The summed E-state index contributed by atoms with van der Waals surface area (Å²) in [5.74, 6) is 0. The zero-order valence-electron chi connectivity index (χ0n) is 10.2. The Morgan fingerprint density at radius 1 is 1.35 bits per heavy atom. The van der Waals surface area contributed by atoms with E-state index < -0.39 is 14.9 Å². The van der Waals surface area contributed by atoms with Crippen molar-refractivity contribution in [2.24, 2.45) is 0 Å². The van der Waals surface area contributed by atoms with Crippen LogP contribution in [-0.4, -0.2) is 13.3 Å². The normalized spacial score (nSPS) is 11.3. The summed E-state index contributed by atoms with van der Waals surface area (Å²) in [7, 11) is -3.86. The lowest BCUT2D eigenvalue weighted by Gasteiger charge is -2.08. The van der Waals surface area contributed by atoms with E-state index in [-0.39, 0.29) is 15.6 Å². The van der Waals surface area contributed by atoms with Gasteiger partial charge >= 0.3 is 0 Å². The van der Waals surface area contributed by atoms with Crippen LogP contribution in [0, 0.1) is 17.0 Å². The molecule has 2 rings (SSSR count). The lowest BCUT2D eigenvalue weighted by atomic mass is 10.2. The summed E-state index contributed by atoms with van der Waals surface area (Å²) in [6.45, 7) is 1.72. The monoisotopic (exact) mass is 376 g/mol. The van der Waals surface area contributed by atoms with Crippen LogP contribution in [-0.2, 0) is 10.0 Å². The van der Waals surface area contributed by atoms with Crippen molar-refractivity contribution in [1.82, 2.24) is 0 Å². The second-order valence-corrected chi connectivity index (χ2v) is 7.59. The summed E-state index contributed by atoms with van der Waals surface area (Å²) in [6, 6.07) is 5.86. The van der Waals surface area contributed by atoms with Crippen LogP contribution in [0.3, 0.4) is 0 Å². The minimum Gasteiger partial charge on any atom is -0.272 e. The van der Waals surface area contributed by atoms with Crippen molar-refractivity contribution in [3.8, 4) is 0 Å². The van der Waals surface area contributed by atoms with Gasteiger partial charge in [-0.15, -0.1) is 11.3 Å². The number of halogens is 1. The van der Waals surface area contributed by atoms with Gasteiger partial charge in [-0.2, -0.15) is 0 Å². The van der Waals surface area contributed by atoms with E-state index in [4.69, 9.17) is 0 Å². The Labute approximate surface area is 127 Å². The van der Waals surface area contributed by atoms with Crippen molar-refractivity contribution in [2.75, 3.05) is 4.72 Å². The molecule has 1 aromatic heterocycles. The number of rotatable bonds is 4. The third-order valence-electron chi connectivity index (χ3n) is 2.42. The number of sulfonamides is 1. The lowest BCUT2D eigenvalue weighted by molar-refractivity contribution is -0.383. The Balaban J connectivity index is 2.47. The summed E-state index contributed by atoms with van der Waals surface area (Å²) in [5.41, 5.74) is 0.390. The van der Waals surface area contributed by atoms with E-state index in [0.29, 0.717) is 4.47 Å². The first-order valence-corrected chi connectivity index (χ1v) is 8.48. The first kappa shape index (κ1) is 14.9. The minimum absolute atomic E-state index is 0.0460. The van der Waals surface area contributed by atoms with Crippen molar-refractivity contribution >= 4 is 48.7 Å². The average Bonchev–Trinajstić information content (AvgIpc) is 2.75. The Kier molecular flexibility index (Phi) is 4.11. The Bertz CT molecular complexity index is 770. The average molecular weight is 377 g/mol. The van der Waals surface area contributed by atoms with Crippen LogP contribution in [0.4, 0.5) is 11.4 Å². The number of nitrogens with one attached hydrogen (secondary N) is 1. The predicted octanol–water partition coefficient (Wildman–Crippen LogP) is 3.53. The number of nitro groups is 1. The highest BCUT2D eigenvalue weighted by molar-refractivity contribution is 9.10. The maximum atomic E-state index is 12.2. The van der Waals surface area contributed by atoms with Crippen LogP contribution in [0.2, 0.25) is 0 Å².